The van der Waals surface area contributed by atoms with Gasteiger partial charge in [-0.15, -0.1) is 0 Å². The molecule has 0 amide bonds. The Kier molecular flexibility index (Phi) is 3.80. The van der Waals surface area contributed by atoms with Crippen molar-refractivity contribution >= 4 is 0 Å². The zero-order valence-corrected chi connectivity index (χ0v) is 10.5. The second kappa shape index (κ2) is 4.40. The molecule has 3 heteroatoms. The van der Waals surface area contributed by atoms with Crippen LogP contribution in [0.2, 0.25) is 0 Å². The van der Waals surface area contributed by atoms with Crippen molar-refractivity contribution in [3.8, 4) is 0 Å². The minimum Gasteiger partial charge on any atom is -0.390 e. The van der Waals surface area contributed by atoms with Crippen LogP contribution < -0.4 is 0 Å². The van der Waals surface area contributed by atoms with Gasteiger partial charge in [-0.1, -0.05) is 13.8 Å². The molecule has 90 valence electrons. The highest BCUT2D eigenvalue weighted by Crippen LogP contribution is 2.42. The van der Waals surface area contributed by atoms with E-state index in [-0.39, 0.29) is 5.60 Å². The first-order valence-corrected chi connectivity index (χ1v) is 5.68. The number of hydrogen-bond acceptors (Lipinski definition) is 3. The van der Waals surface area contributed by atoms with Crippen molar-refractivity contribution in [3.05, 3.63) is 0 Å². The molecule has 0 aromatic carbocycles. The van der Waals surface area contributed by atoms with Gasteiger partial charge in [0.25, 0.3) is 0 Å². The van der Waals surface area contributed by atoms with Crippen LogP contribution >= 0.6 is 0 Å². The molecule has 0 aliphatic heterocycles. The SMILES string of the molecule is CO[C@@]1(C(C)C)CC[C@](C)(OC)[C@@H](O)C1. The van der Waals surface area contributed by atoms with E-state index >= 15 is 0 Å². The maximum absolute atomic E-state index is 10.1. The first-order valence-electron chi connectivity index (χ1n) is 5.68. The Balaban J connectivity index is 2.79. The van der Waals surface area contributed by atoms with E-state index in [9.17, 15) is 5.11 Å². The fourth-order valence-electron chi connectivity index (χ4n) is 2.46. The van der Waals surface area contributed by atoms with Gasteiger partial charge in [0.1, 0.15) is 0 Å². The summed E-state index contributed by atoms with van der Waals surface area (Å²) >= 11 is 0. The summed E-state index contributed by atoms with van der Waals surface area (Å²) in [5.41, 5.74) is -0.589. The van der Waals surface area contributed by atoms with Crippen LogP contribution in [0.4, 0.5) is 0 Å². The standard InChI is InChI=1S/C12H24O3/c1-9(2)12(15-5)7-6-11(3,14-4)10(13)8-12/h9-10,13H,6-8H2,1-5H3/t10-,11-,12-/m0/s1. The summed E-state index contributed by atoms with van der Waals surface area (Å²) in [4.78, 5) is 0. The van der Waals surface area contributed by atoms with Crippen molar-refractivity contribution in [1.29, 1.82) is 0 Å². The maximum atomic E-state index is 10.1. The fourth-order valence-corrected chi connectivity index (χ4v) is 2.46. The third-order valence-corrected chi connectivity index (χ3v) is 4.21. The number of ether oxygens (including phenoxy) is 2. The monoisotopic (exact) mass is 216 g/mol. The molecule has 1 rings (SSSR count). The van der Waals surface area contributed by atoms with Crippen molar-refractivity contribution in [2.45, 2.75) is 57.3 Å². The van der Waals surface area contributed by atoms with Gasteiger partial charge >= 0.3 is 0 Å². The molecule has 0 aromatic heterocycles. The third-order valence-electron chi connectivity index (χ3n) is 4.21. The molecule has 3 nitrogen and oxygen atoms in total. The highest BCUT2D eigenvalue weighted by atomic mass is 16.5. The number of hydrogen-bond donors (Lipinski definition) is 1. The number of rotatable bonds is 3. The van der Waals surface area contributed by atoms with Crippen LogP contribution in [0.25, 0.3) is 0 Å². The molecule has 0 aromatic rings. The molecule has 1 fully saturated rings. The lowest BCUT2D eigenvalue weighted by molar-refractivity contribution is -0.183. The summed E-state index contributed by atoms with van der Waals surface area (Å²) in [7, 11) is 3.40. The largest absolute Gasteiger partial charge is 0.390 e. The van der Waals surface area contributed by atoms with E-state index < -0.39 is 11.7 Å². The normalized spacial score (nSPS) is 42.2. The summed E-state index contributed by atoms with van der Waals surface area (Å²) in [5, 5.41) is 10.1. The molecule has 0 heterocycles. The van der Waals surface area contributed by atoms with Gasteiger partial charge in [0.05, 0.1) is 17.3 Å². The van der Waals surface area contributed by atoms with Gasteiger partial charge in [0.2, 0.25) is 0 Å². The van der Waals surface area contributed by atoms with E-state index in [1.54, 1.807) is 14.2 Å². The molecule has 15 heavy (non-hydrogen) atoms. The summed E-state index contributed by atoms with van der Waals surface area (Å²) in [6, 6.07) is 0. The Hall–Kier alpha value is -0.120. The van der Waals surface area contributed by atoms with Crippen molar-refractivity contribution < 1.29 is 14.6 Å². The molecule has 1 N–H and O–H groups in total. The molecule has 0 radical (unpaired) electrons. The number of aliphatic hydroxyl groups is 1. The predicted octanol–water partition coefficient (Wildman–Crippen LogP) is 1.98. The Bertz CT molecular complexity index is 217. The Morgan fingerprint density at radius 1 is 1.20 bits per heavy atom. The average molecular weight is 216 g/mol. The molecule has 0 saturated heterocycles. The van der Waals surface area contributed by atoms with Gasteiger partial charge in [-0.05, 0) is 25.7 Å². The van der Waals surface area contributed by atoms with Crippen molar-refractivity contribution in [1.82, 2.24) is 0 Å². The highest BCUT2D eigenvalue weighted by molar-refractivity contribution is 5.00. The van der Waals surface area contributed by atoms with Gasteiger partial charge < -0.3 is 14.6 Å². The van der Waals surface area contributed by atoms with Crippen LogP contribution in [-0.2, 0) is 9.47 Å². The molecular weight excluding hydrogens is 192 g/mol. The molecule has 1 aliphatic carbocycles. The minimum atomic E-state index is -0.446. The third kappa shape index (κ3) is 2.19. The summed E-state index contributed by atoms with van der Waals surface area (Å²) in [6.45, 7) is 6.26. The second-order valence-corrected chi connectivity index (χ2v) is 5.16. The quantitative estimate of drug-likeness (QED) is 0.784. The van der Waals surface area contributed by atoms with Crippen molar-refractivity contribution in [3.63, 3.8) is 0 Å². The van der Waals surface area contributed by atoms with Gasteiger partial charge in [0.15, 0.2) is 0 Å². The Morgan fingerprint density at radius 2 is 1.80 bits per heavy atom. The molecule has 3 atom stereocenters. The summed E-state index contributed by atoms with van der Waals surface area (Å²) in [5.74, 6) is 0.415. The van der Waals surface area contributed by atoms with Gasteiger partial charge in [0, 0.05) is 20.6 Å². The number of aliphatic hydroxyl groups excluding tert-OH is 1. The van der Waals surface area contributed by atoms with Gasteiger partial charge in [-0.25, -0.2) is 0 Å². The van der Waals surface area contributed by atoms with Crippen molar-refractivity contribution in [2.24, 2.45) is 5.92 Å². The van der Waals surface area contributed by atoms with Gasteiger partial charge in [-0.3, -0.25) is 0 Å². The fraction of sp³-hybridized carbons (Fsp3) is 1.00. The lowest BCUT2D eigenvalue weighted by Gasteiger charge is -2.48. The Labute approximate surface area is 92.8 Å². The van der Waals surface area contributed by atoms with Crippen LogP contribution in [0.5, 0.6) is 0 Å². The summed E-state index contributed by atoms with van der Waals surface area (Å²) < 4.78 is 11.0. The first-order chi connectivity index (χ1) is 6.90. The molecule has 1 saturated carbocycles. The molecule has 0 spiro atoms. The van der Waals surface area contributed by atoms with Crippen LogP contribution in [-0.4, -0.2) is 36.6 Å². The van der Waals surface area contributed by atoms with Crippen LogP contribution in [0.15, 0.2) is 0 Å². The maximum Gasteiger partial charge on any atom is 0.0910 e. The van der Waals surface area contributed by atoms with E-state index in [1.807, 2.05) is 6.92 Å². The molecule has 0 bridgehead atoms. The lowest BCUT2D eigenvalue weighted by Crippen LogP contribution is -2.55. The van der Waals surface area contributed by atoms with E-state index in [1.165, 1.54) is 0 Å². The van der Waals surface area contributed by atoms with Crippen molar-refractivity contribution in [2.75, 3.05) is 14.2 Å². The van der Waals surface area contributed by atoms with E-state index in [0.29, 0.717) is 12.3 Å². The van der Waals surface area contributed by atoms with Crippen LogP contribution in [0.3, 0.4) is 0 Å². The smallest absolute Gasteiger partial charge is 0.0910 e. The van der Waals surface area contributed by atoms with E-state index in [4.69, 9.17) is 9.47 Å². The topological polar surface area (TPSA) is 38.7 Å². The number of methoxy groups -OCH3 is 2. The minimum absolute atomic E-state index is 0.183. The zero-order valence-electron chi connectivity index (χ0n) is 10.5. The highest BCUT2D eigenvalue weighted by Gasteiger charge is 2.48. The Morgan fingerprint density at radius 3 is 2.13 bits per heavy atom. The average Bonchev–Trinajstić information content (AvgIpc) is 2.22. The zero-order chi connectivity index (χ0) is 11.7. The van der Waals surface area contributed by atoms with Gasteiger partial charge in [-0.2, -0.15) is 0 Å². The molecule has 1 aliphatic rings. The van der Waals surface area contributed by atoms with E-state index in [0.717, 1.165) is 12.8 Å². The van der Waals surface area contributed by atoms with Crippen LogP contribution in [0, 0.1) is 5.92 Å². The molecular formula is C12H24O3. The second-order valence-electron chi connectivity index (χ2n) is 5.16. The first kappa shape index (κ1) is 12.9. The predicted molar refractivity (Wildman–Crippen MR) is 59.8 cm³/mol. The lowest BCUT2D eigenvalue weighted by atomic mass is 9.70. The van der Waals surface area contributed by atoms with Crippen LogP contribution in [0.1, 0.15) is 40.0 Å². The molecule has 0 unspecified atom stereocenters. The summed E-state index contributed by atoms with van der Waals surface area (Å²) in [6.07, 6.45) is 2.00. The van der Waals surface area contributed by atoms with E-state index in [2.05, 4.69) is 13.8 Å².